The second-order valence-corrected chi connectivity index (χ2v) is 4.94. The first-order valence-corrected chi connectivity index (χ1v) is 7.22. The molecule has 0 bridgehead atoms. The van der Waals surface area contributed by atoms with E-state index in [2.05, 4.69) is 10.4 Å². The number of methoxy groups -OCH3 is 2. The molecule has 1 N–H and O–H groups in total. The van der Waals surface area contributed by atoms with E-state index in [0.29, 0.717) is 30.2 Å². The lowest BCUT2D eigenvalue weighted by Gasteiger charge is -2.11. The van der Waals surface area contributed by atoms with Gasteiger partial charge in [0.05, 0.1) is 24.8 Å². The molecule has 0 atom stereocenters. The Bertz CT molecular complexity index is 728. The number of benzene rings is 1. The van der Waals surface area contributed by atoms with Gasteiger partial charge in [0.2, 0.25) is 5.91 Å². The summed E-state index contributed by atoms with van der Waals surface area (Å²) in [7, 11) is 3.05. The molecule has 0 fully saturated rings. The van der Waals surface area contributed by atoms with Crippen molar-refractivity contribution in [2.75, 3.05) is 19.5 Å². The molecule has 0 spiro atoms. The predicted molar refractivity (Wildman–Crippen MR) is 86.3 cm³/mol. The molecule has 2 rings (SSSR count). The first-order chi connectivity index (χ1) is 11.5. The summed E-state index contributed by atoms with van der Waals surface area (Å²) in [5.74, 6) is 0.949. The van der Waals surface area contributed by atoms with Gasteiger partial charge < -0.3 is 14.8 Å². The van der Waals surface area contributed by atoms with Gasteiger partial charge >= 0.3 is 5.69 Å². The topological polar surface area (TPSA) is 109 Å². The highest BCUT2D eigenvalue weighted by Crippen LogP contribution is 2.29. The van der Waals surface area contributed by atoms with E-state index in [1.165, 1.54) is 31.3 Å². The van der Waals surface area contributed by atoms with Gasteiger partial charge in [-0.3, -0.25) is 19.6 Å². The number of aryl methyl sites for hydroxylation is 1. The summed E-state index contributed by atoms with van der Waals surface area (Å²) < 4.78 is 11.8. The fraction of sp³-hybridized carbons (Fsp3) is 0.333. The van der Waals surface area contributed by atoms with Gasteiger partial charge in [0.1, 0.15) is 23.9 Å². The fourth-order valence-electron chi connectivity index (χ4n) is 2.10. The molecular weight excluding hydrogens is 316 g/mol. The van der Waals surface area contributed by atoms with Gasteiger partial charge in [-0.2, -0.15) is 5.10 Å². The maximum Gasteiger partial charge on any atom is 0.306 e. The molecule has 0 aliphatic carbocycles. The van der Waals surface area contributed by atoms with Crippen molar-refractivity contribution >= 4 is 17.3 Å². The van der Waals surface area contributed by atoms with Crippen molar-refractivity contribution in [2.45, 2.75) is 19.4 Å². The standard InChI is InChI=1S/C15H18N4O5/c1-23-12-5-6-14(24-2)13(8-12)17-15(20)4-3-7-18-10-11(9-16-18)19(21)22/h5-6,8-10H,3-4,7H2,1-2H3,(H,17,20). The molecule has 9 nitrogen and oxygen atoms in total. The highest BCUT2D eigenvalue weighted by molar-refractivity contribution is 5.92. The lowest BCUT2D eigenvalue weighted by molar-refractivity contribution is -0.385. The van der Waals surface area contributed by atoms with Gasteiger partial charge in [-0.1, -0.05) is 0 Å². The monoisotopic (exact) mass is 334 g/mol. The zero-order chi connectivity index (χ0) is 17.5. The average molecular weight is 334 g/mol. The first kappa shape index (κ1) is 17.3. The Morgan fingerprint density at radius 1 is 1.38 bits per heavy atom. The Balaban J connectivity index is 1.87. The minimum Gasteiger partial charge on any atom is -0.497 e. The highest BCUT2D eigenvalue weighted by Gasteiger charge is 2.11. The van der Waals surface area contributed by atoms with Crippen molar-refractivity contribution in [1.82, 2.24) is 9.78 Å². The number of hydrogen-bond donors (Lipinski definition) is 1. The molecule has 1 heterocycles. The van der Waals surface area contributed by atoms with E-state index in [4.69, 9.17) is 9.47 Å². The van der Waals surface area contributed by atoms with Crippen LogP contribution in [0.2, 0.25) is 0 Å². The zero-order valence-electron chi connectivity index (χ0n) is 13.4. The molecule has 1 aromatic heterocycles. The summed E-state index contributed by atoms with van der Waals surface area (Å²) in [4.78, 5) is 22.1. The van der Waals surface area contributed by atoms with Crippen molar-refractivity contribution in [3.63, 3.8) is 0 Å². The Kier molecular flexibility index (Phi) is 5.72. The molecule has 2 aromatic rings. The molecule has 0 saturated heterocycles. The van der Waals surface area contributed by atoms with E-state index in [1.54, 1.807) is 18.2 Å². The molecule has 0 unspecified atom stereocenters. The van der Waals surface area contributed by atoms with Crippen LogP contribution in [0.25, 0.3) is 0 Å². The van der Waals surface area contributed by atoms with Crippen LogP contribution in [0.1, 0.15) is 12.8 Å². The summed E-state index contributed by atoms with van der Waals surface area (Å²) in [5.41, 5.74) is 0.456. The van der Waals surface area contributed by atoms with E-state index >= 15 is 0 Å². The first-order valence-electron chi connectivity index (χ1n) is 7.22. The number of aromatic nitrogens is 2. The number of anilines is 1. The van der Waals surface area contributed by atoms with E-state index in [1.807, 2.05) is 0 Å². The molecule has 1 amide bonds. The molecule has 0 saturated carbocycles. The van der Waals surface area contributed by atoms with Gasteiger partial charge in [0, 0.05) is 19.0 Å². The third-order valence-electron chi connectivity index (χ3n) is 3.30. The molecule has 24 heavy (non-hydrogen) atoms. The minimum absolute atomic E-state index is 0.0689. The van der Waals surface area contributed by atoms with Gasteiger partial charge in [0.15, 0.2) is 0 Å². The third-order valence-corrected chi connectivity index (χ3v) is 3.30. The maximum absolute atomic E-state index is 12.0. The van der Waals surface area contributed by atoms with Crippen LogP contribution >= 0.6 is 0 Å². The number of hydrogen-bond acceptors (Lipinski definition) is 6. The molecular formula is C15H18N4O5. The highest BCUT2D eigenvalue weighted by atomic mass is 16.6. The van der Waals surface area contributed by atoms with Crippen molar-refractivity contribution in [1.29, 1.82) is 0 Å². The van der Waals surface area contributed by atoms with E-state index in [9.17, 15) is 14.9 Å². The van der Waals surface area contributed by atoms with Gasteiger partial charge in [0.25, 0.3) is 0 Å². The number of nitro groups is 1. The van der Waals surface area contributed by atoms with Crippen LogP contribution in [-0.2, 0) is 11.3 Å². The second kappa shape index (κ2) is 7.95. The number of amides is 1. The molecule has 0 radical (unpaired) electrons. The fourth-order valence-corrected chi connectivity index (χ4v) is 2.10. The van der Waals surface area contributed by atoms with Crippen LogP contribution in [0, 0.1) is 10.1 Å². The van der Waals surface area contributed by atoms with Crippen LogP contribution in [0.15, 0.2) is 30.6 Å². The molecule has 0 aliphatic heterocycles. The summed E-state index contributed by atoms with van der Waals surface area (Å²) >= 11 is 0. The lowest BCUT2D eigenvalue weighted by Crippen LogP contribution is -2.13. The van der Waals surface area contributed by atoms with Crippen LogP contribution in [0.3, 0.4) is 0 Å². The molecule has 0 aliphatic rings. The Morgan fingerprint density at radius 2 is 2.17 bits per heavy atom. The molecule has 9 heteroatoms. The smallest absolute Gasteiger partial charge is 0.306 e. The number of ether oxygens (including phenoxy) is 2. The Morgan fingerprint density at radius 3 is 2.79 bits per heavy atom. The summed E-state index contributed by atoms with van der Waals surface area (Å²) in [6.45, 7) is 0.413. The van der Waals surface area contributed by atoms with Crippen molar-refractivity contribution < 1.29 is 19.2 Å². The Hall–Kier alpha value is -3.10. The van der Waals surface area contributed by atoms with E-state index in [0.717, 1.165) is 0 Å². The zero-order valence-corrected chi connectivity index (χ0v) is 13.4. The van der Waals surface area contributed by atoms with Crippen molar-refractivity contribution in [2.24, 2.45) is 0 Å². The van der Waals surface area contributed by atoms with Gasteiger partial charge in [-0.15, -0.1) is 0 Å². The number of carbonyl (C=O) groups excluding carboxylic acids is 1. The lowest BCUT2D eigenvalue weighted by atomic mass is 10.2. The number of nitrogens with one attached hydrogen (secondary N) is 1. The summed E-state index contributed by atoms with van der Waals surface area (Å²) in [6, 6.07) is 5.12. The average Bonchev–Trinajstić information content (AvgIpc) is 3.04. The van der Waals surface area contributed by atoms with Gasteiger partial charge in [-0.05, 0) is 18.6 Å². The predicted octanol–water partition coefficient (Wildman–Crippen LogP) is 2.23. The number of rotatable bonds is 8. The van der Waals surface area contributed by atoms with E-state index in [-0.39, 0.29) is 18.0 Å². The quantitative estimate of drug-likeness (QED) is 0.586. The van der Waals surface area contributed by atoms with E-state index < -0.39 is 4.92 Å². The largest absolute Gasteiger partial charge is 0.497 e. The minimum atomic E-state index is -0.509. The summed E-state index contributed by atoms with van der Waals surface area (Å²) in [5, 5.41) is 17.2. The normalized spacial score (nSPS) is 10.2. The number of carbonyl (C=O) groups is 1. The van der Waals surface area contributed by atoms with Crippen LogP contribution in [0.5, 0.6) is 11.5 Å². The van der Waals surface area contributed by atoms with Gasteiger partial charge in [-0.25, -0.2) is 0 Å². The van der Waals surface area contributed by atoms with Crippen molar-refractivity contribution in [3.8, 4) is 11.5 Å². The SMILES string of the molecule is COc1ccc(OC)c(NC(=O)CCCn2cc([N+](=O)[O-])cn2)c1. The van der Waals surface area contributed by atoms with Crippen molar-refractivity contribution in [3.05, 3.63) is 40.7 Å². The third kappa shape index (κ3) is 4.45. The molecule has 1 aromatic carbocycles. The maximum atomic E-state index is 12.0. The second-order valence-electron chi connectivity index (χ2n) is 4.94. The molecule has 128 valence electrons. The van der Waals surface area contributed by atoms with Crippen LogP contribution < -0.4 is 14.8 Å². The van der Waals surface area contributed by atoms with Crippen LogP contribution in [0.4, 0.5) is 11.4 Å². The van der Waals surface area contributed by atoms with Crippen LogP contribution in [-0.4, -0.2) is 34.8 Å². The Labute approximate surface area is 138 Å². The number of nitrogens with zero attached hydrogens (tertiary/aromatic N) is 3. The summed E-state index contributed by atoms with van der Waals surface area (Å²) in [6.07, 6.45) is 3.26.